The molecule has 0 aromatic carbocycles. The molecule has 0 rings (SSSR count). The highest BCUT2D eigenvalue weighted by atomic mass is 16.2. The van der Waals surface area contributed by atoms with Crippen molar-refractivity contribution in [2.75, 3.05) is 0 Å². The summed E-state index contributed by atoms with van der Waals surface area (Å²) < 4.78 is 0. The Morgan fingerprint density at radius 3 is 2.12 bits per heavy atom. The molecule has 0 bridgehead atoms. The zero-order valence-corrected chi connectivity index (χ0v) is 15.7. The molecule has 0 saturated carbocycles. The number of hydrogen-bond acceptors (Lipinski definition) is 3. The van der Waals surface area contributed by atoms with Crippen molar-refractivity contribution in [2.45, 2.75) is 85.1 Å². The third-order valence-electron chi connectivity index (χ3n) is 3.92. The van der Waals surface area contributed by atoms with Crippen molar-refractivity contribution in [1.29, 1.82) is 0 Å². The van der Waals surface area contributed by atoms with Crippen molar-refractivity contribution in [3.63, 3.8) is 0 Å². The van der Waals surface area contributed by atoms with E-state index in [1.807, 2.05) is 20.8 Å². The number of rotatable bonds is 12. The Morgan fingerprint density at radius 2 is 1.62 bits per heavy atom. The van der Waals surface area contributed by atoms with Gasteiger partial charge in [-0.3, -0.25) is 14.4 Å². The lowest BCUT2D eigenvalue weighted by Gasteiger charge is -2.22. The van der Waals surface area contributed by atoms with Crippen LogP contribution in [-0.2, 0) is 14.4 Å². The number of unbranched alkanes of at least 4 members (excludes halogenated alkanes) is 4. The molecule has 0 aliphatic rings. The summed E-state index contributed by atoms with van der Waals surface area (Å²) in [5, 5.41) is 2.64. The van der Waals surface area contributed by atoms with Gasteiger partial charge >= 0.3 is 0 Å². The Hall–Kier alpha value is -1.65. The van der Waals surface area contributed by atoms with Crippen molar-refractivity contribution < 1.29 is 14.4 Å². The van der Waals surface area contributed by atoms with Crippen LogP contribution in [0.2, 0.25) is 0 Å². The first-order chi connectivity index (χ1) is 11.1. The SMILES string of the molecule is C=C(C(N)=O)[C@@H](NC(=O)CCCCCCC)C(=O)CCC(C)(C)C. The molecule has 5 heteroatoms. The van der Waals surface area contributed by atoms with Crippen molar-refractivity contribution in [3.05, 3.63) is 12.2 Å². The quantitative estimate of drug-likeness (QED) is 0.423. The molecule has 0 radical (unpaired) electrons. The topological polar surface area (TPSA) is 89.3 Å². The van der Waals surface area contributed by atoms with E-state index in [2.05, 4.69) is 18.8 Å². The van der Waals surface area contributed by atoms with Gasteiger partial charge in [0.05, 0.1) is 0 Å². The zero-order valence-electron chi connectivity index (χ0n) is 15.7. The van der Waals surface area contributed by atoms with E-state index in [9.17, 15) is 14.4 Å². The number of carbonyl (C=O) groups excluding carboxylic acids is 3. The fraction of sp³-hybridized carbons (Fsp3) is 0.737. The summed E-state index contributed by atoms with van der Waals surface area (Å²) in [6.45, 7) is 11.8. The van der Waals surface area contributed by atoms with Crippen LogP contribution in [0.25, 0.3) is 0 Å². The summed E-state index contributed by atoms with van der Waals surface area (Å²) in [4.78, 5) is 35.8. The van der Waals surface area contributed by atoms with Crippen molar-refractivity contribution >= 4 is 17.6 Å². The molecule has 138 valence electrons. The maximum absolute atomic E-state index is 12.4. The molecule has 0 aromatic heterocycles. The third kappa shape index (κ3) is 10.2. The number of amides is 2. The van der Waals surface area contributed by atoms with Crippen LogP contribution in [0.5, 0.6) is 0 Å². The number of nitrogens with two attached hydrogens (primary N) is 1. The van der Waals surface area contributed by atoms with E-state index in [4.69, 9.17) is 5.73 Å². The first-order valence-corrected chi connectivity index (χ1v) is 8.89. The second-order valence-corrected chi connectivity index (χ2v) is 7.58. The molecule has 0 aliphatic heterocycles. The lowest BCUT2D eigenvalue weighted by Crippen LogP contribution is -2.45. The number of primary amides is 1. The monoisotopic (exact) mass is 338 g/mol. The van der Waals surface area contributed by atoms with E-state index < -0.39 is 11.9 Å². The number of nitrogens with one attached hydrogen (secondary N) is 1. The molecule has 0 aromatic rings. The minimum Gasteiger partial charge on any atom is -0.366 e. The van der Waals surface area contributed by atoms with E-state index in [1.54, 1.807) is 0 Å². The van der Waals surface area contributed by atoms with Gasteiger partial charge in [0.15, 0.2) is 5.78 Å². The van der Waals surface area contributed by atoms with E-state index in [0.29, 0.717) is 12.8 Å². The first kappa shape index (κ1) is 22.4. The van der Waals surface area contributed by atoms with Gasteiger partial charge in [-0.2, -0.15) is 0 Å². The smallest absolute Gasteiger partial charge is 0.246 e. The van der Waals surface area contributed by atoms with Crippen molar-refractivity contribution in [3.8, 4) is 0 Å². The maximum atomic E-state index is 12.4. The Bertz CT molecular complexity index is 450. The molecule has 3 N–H and O–H groups in total. The number of hydrogen-bond donors (Lipinski definition) is 2. The van der Waals surface area contributed by atoms with Crippen LogP contribution in [-0.4, -0.2) is 23.6 Å². The predicted octanol–water partition coefficient (Wildman–Crippen LogP) is 3.27. The zero-order chi connectivity index (χ0) is 18.8. The number of Topliss-reactive ketones (excluding diaryl/α,β-unsaturated/α-hetero) is 1. The highest BCUT2D eigenvalue weighted by molar-refractivity contribution is 6.03. The normalized spacial score (nSPS) is 12.5. The molecular formula is C19H34N2O3. The van der Waals surface area contributed by atoms with Gasteiger partial charge in [-0.25, -0.2) is 0 Å². The predicted molar refractivity (Wildman–Crippen MR) is 97.3 cm³/mol. The molecule has 2 amide bonds. The molecular weight excluding hydrogens is 304 g/mol. The Labute approximate surface area is 146 Å². The Balaban J connectivity index is 4.61. The second kappa shape index (κ2) is 11.0. The van der Waals surface area contributed by atoms with Crippen LogP contribution in [0.1, 0.15) is 79.1 Å². The van der Waals surface area contributed by atoms with Crippen LogP contribution in [0.15, 0.2) is 12.2 Å². The summed E-state index contributed by atoms with van der Waals surface area (Å²) in [5.74, 6) is -1.21. The van der Waals surface area contributed by atoms with Gasteiger partial charge in [-0.05, 0) is 18.3 Å². The molecule has 0 spiro atoms. The molecule has 0 saturated heterocycles. The van der Waals surface area contributed by atoms with Crippen LogP contribution in [0, 0.1) is 5.41 Å². The molecule has 0 fully saturated rings. The van der Waals surface area contributed by atoms with E-state index in [-0.39, 0.29) is 29.1 Å². The van der Waals surface area contributed by atoms with Crippen LogP contribution in [0.4, 0.5) is 0 Å². The summed E-state index contributed by atoms with van der Waals surface area (Å²) in [5.41, 5.74) is 5.19. The summed E-state index contributed by atoms with van der Waals surface area (Å²) >= 11 is 0. The molecule has 0 aliphatic carbocycles. The summed E-state index contributed by atoms with van der Waals surface area (Å²) in [7, 11) is 0. The number of ketones is 1. The molecule has 0 heterocycles. The van der Waals surface area contributed by atoms with Crippen molar-refractivity contribution in [1.82, 2.24) is 5.32 Å². The largest absolute Gasteiger partial charge is 0.366 e. The molecule has 5 nitrogen and oxygen atoms in total. The fourth-order valence-electron chi connectivity index (χ4n) is 2.27. The average Bonchev–Trinajstić information content (AvgIpc) is 2.48. The Morgan fingerprint density at radius 1 is 1.04 bits per heavy atom. The fourth-order valence-corrected chi connectivity index (χ4v) is 2.27. The van der Waals surface area contributed by atoms with Gasteiger partial charge in [-0.1, -0.05) is 60.0 Å². The molecule has 24 heavy (non-hydrogen) atoms. The van der Waals surface area contributed by atoms with E-state index in [1.165, 1.54) is 0 Å². The van der Waals surface area contributed by atoms with Gasteiger partial charge in [-0.15, -0.1) is 0 Å². The molecule has 0 unspecified atom stereocenters. The minimum atomic E-state index is -1.01. The molecule has 1 atom stereocenters. The maximum Gasteiger partial charge on any atom is 0.246 e. The van der Waals surface area contributed by atoms with Gasteiger partial charge < -0.3 is 11.1 Å². The van der Waals surface area contributed by atoms with Gasteiger partial charge in [0.2, 0.25) is 11.8 Å². The first-order valence-electron chi connectivity index (χ1n) is 8.89. The standard InChI is InChI=1S/C19H34N2O3/c1-6-7-8-9-10-11-16(23)21-17(14(2)18(20)24)15(22)12-13-19(3,4)5/h17H,2,6-13H2,1,3-5H3,(H2,20,24)(H,21,23)/t17-/m1/s1. The van der Waals surface area contributed by atoms with Crippen molar-refractivity contribution in [2.24, 2.45) is 11.1 Å². The van der Waals surface area contributed by atoms with Gasteiger partial charge in [0, 0.05) is 18.4 Å². The minimum absolute atomic E-state index is 0.00243. The lowest BCUT2D eigenvalue weighted by molar-refractivity contribution is -0.128. The van der Waals surface area contributed by atoms with Crippen LogP contribution in [0.3, 0.4) is 0 Å². The van der Waals surface area contributed by atoms with Crippen LogP contribution < -0.4 is 11.1 Å². The van der Waals surface area contributed by atoms with Gasteiger partial charge in [0.25, 0.3) is 0 Å². The lowest BCUT2D eigenvalue weighted by atomic mass is 9.87. The van der Waals surface area contributed by atoms with Crippen LogP contribution >= 0.6 is 0 Å². The highest BCUT2D eigenvalue weighted by Crippen LogP contribution is 2.21. The Kier molecular flexibility index (Phi) is 10.2. The second-order valence-electron chi connectivity index (χ2n) is 7.58. The summed E-state index contributed by atoms with van der Waals surface area (Å²) in [6, 6.07) is -1.01. The number of carbonyl (C=O) groups is 3. The van der Waals surface area contributed by atoms with E-state index >= 15 is 0 Å². The van der Waals surface area contributed by atoms with Gasteiger partial charge in [0.1, 0.15) is 6.04 Å². The highest BCUT2D eigenvalue weighted by Gasteiger charge is 2.27. The summed E-state index contributed by atoms with van der Waals surface area (Å²) in [6.07, 6.45) is 6.46. The third-order valence-corrected chi connectivity index (χ3v) is 3.92. The average molecular weight is 338 g/mol. The van der Waals surface area contributed by atoms with E-state index in [0.717, 1.165) is 32.1 Å².